The molecule has 0 radical (unpaired) electrons. The second-order valence-corrected chi connectivity index (χ2v) is 6.61. The van der Waals surface area contributed by atoms with Gasteiger partial charge < -0.3 is 21.3 Å². The highest BCUT2D eigenvalue weighted by atomic mass is 35.5. The number of likely N-dealkylation sites (tertiary alicyclic amines) is 1. The molecule has 0 spiro atoms. The molecule has 0 aliphatic carbocycles. The number of carbonyl (C=O) groups excluding carboxylic acids is 2. The molecule has 1 aliphatic heterocycles. The fraction of sp³-hybridized carbons (Fsp3) is 0.579. The predicted molar refractivity (Wildman–Crippen MR) is 114 cm³/mol. The van der Waals surface area contributed by atoms with Crippen molar-refractivity contribution in [3.05, 3.63) is 35.4 Å². The van der Waals surface area contributed by atoms with Crippen molar-refractivity contribution in [3.8, 4) is 0 Å². The molecule has 1 saturated heterocycles. The van der Waals surface area contributed by atoms with E-state index in [9.17, 15) is 9.59 Å². The van der Waals surface area contributed by atoms with Crippen LogP contribution in [0.4, 0.5) is 0 Å². The molecular formula is C19H32Cl2N4O2. The third-order valence-electron chi connectivity index (χ3n) is 4.53. The van der Waals surface area contributed by atoms with Crippen molar-refractivity contribution in [2.75, 3.05) is 26.2 Å². The smallest absolute Gasteiger partial charge is 0.251 e. The summed E-state index contributed by atoms with van der Waals surface area (Å²) in [6.07, 6.45) is 4.09. The number of rotatable bonds is 9. The molecule has 0 saturated carbocycles. The van der Waals surface area contributed by atoms with Crippen LogP contribution in [0.1, 0.15) is 48.5 Å². The molecule has 1 heterocycles. The Hall–Kier alpha value is -1.34. The second-order valence-electron chi connectivity index (χ2n) is 6.61. The summed E-state index contributed by atoms with van der Waals surface area (Å²) in [5.41, 5.74) is 7.37. The van der Waals surface area contributed by atoms with Gasteiger partial charge >= 0.3 is 0 Å². The fourth-order valence-electron chi connectivity index (χ4n) is 2.97. The largest absolute Gasteiger partial charge is 0.351 e. The van der Waals surface area contributed by atoms with E-state index in [0.29, 0.717) is 25.1 Å². The number of nitrogens with two attached hydrogens (primary N) is 1. The van der Waals surface area contributed by atoms with E-state index in [2.05, 4.69) is 15.5 Å². The maximum Gasteiger partial charge on any atom is 0.251 e. The van der Waals surface area contributed by atoms with Gasteiger partial charge in [-0.1, -0.05) is 25.5 Å². The number of nitrogens with one attached hydrogen (secondary N) is 2. The Kier molecular flexibility index (Phi) is 13.1. The predicted octanol–water partition coefficient (Wildman–Crippen LogP) is 2.10. The van der Waals surface area contributed by atoms with E-state index < -0.39 is 6.04 Å². The number of carbonyl (C=O) groups is 2. The first kappa shape index (κ1) is 25.7. The second kappa shape index (κ2) is 13.8. The number of halogens is 2. The summed E-state index contributed by atoms with van der Waals surface area (Å²) in [6, 6.07) is 6.85. The van der Waals surface area contributed by atoms with Crippen LogP contribution in [0.25, 0.3) is 0 Å². The number of hydrogen-bond acceptors (Lipinski definition) is 4. The van der Waals surface area contributed by atoms with Crippen LogP contribution >= 0.6 is 24.8 Å². The van der Waals surface area contributed by atoms with Crippen LogP contribution in [0.5, 0.6) is 0 Å². The van der Waals surface area contributed by atoms with Gasteiger partial charge in [-0.2, -0.15) is 0 Å². The van der Waals surface area contributed by atoms with Gasteiger partial charge in [0.15, 0.2) is 0 Å². The molecule has 27 heavy (non-hydrogen) atoms. The van der Waals surface area contributed by atoms with E-state index in [1.54, 1.807) is 12.1 Å². The average molecular weight is 419 g/mol. The van der Waals surface area contributed by atoms with Crippen LogP contribution < -0.4 is 16.4 Å². The minimum atomic E-state index is -0.453. The first-order valence-corrected chi connectivity index (χ1v) is 9.23. The lowest BCUT2D eigenvalue weighted by atomic mass is 10.1. The van der Waals surface area contributed by atoms with Crippen molar-refractivity contribution in [2.45, 2.75) is 45.2 Å². The highest BCUT2D eigenvalue weighted by molar-refractivity contribution is 5.94. The molecule has 1 aromatic carbocycles. The minimum absolute atomic E-state index is 0. The number of nitrogens with zero attached hydrogens (tertiary/aromatic N) is 1. The Morgan fingerprint density at radius 3 is 2.33 bits per heavy atom. The van der Waals surface area contributed by atoms with Crippen molar-refractivity contribution < 1.29 is 9.59 Å². The average Bonchev–Trinajstić information content (AvgIpc) is 3.13. The zero-order chi connectivity index (χ0) is 18.1. The lowest BCUT2D eigenvalue weighted by Gasteiger charge is -2.14. The van der Waals surface area contributed by atoms with Gasteiger partial charge in [0.25, 0.3) is 5.91 Å². The SMILES string of the molecule is CCCC(N)C(=O)NCc1ccc(C(=O)NCCN2CCCC2)cc1.Cl.Cl. The van der Waals surface area contributed by atoms with E-state index in [0.717, 1.165) is 31.6 Å². The maximum absolute atomic E-state index is 12.1. The quantitative estimate of drug-likeness (QED) is 0.572. The summed E-state index contributed by atoms with van der Waals surface area (Å²) in [5.74, 6) is -0.190. The van der Waals surface area contributed by atoms with Gasteiger partial charge in [0, 0.05) is 25.2 Å². The molecule has 0 aromatic heterocycles. The summed E-state index contributed by atoms with van der Waals surface area (Å²) in [7, 11) is 0. The van der Waals surface area contributed by atoms with Crippen LogP contribution in [0.2, 0.25) is 0 Å². The van der Waals surface area contributed by atoms with Gasteiger partial charge in [0.2, 0.25) is 5.91 Å². The lowest BCUT2D eigenvalue weighted by Crippen LogP contribution is -2.40. The molecule has 1 fully saturated rings. The number of hydrogen-bond donors (Lipinski definition) is 3. The van der Waals surface area contributed by atoms with E-state index in [1.807, 2.05) is 19.1 Å². The van der Waals surface area contributed by atoms with E-state index in [-0.39, 0.29) is 36.6 Å². The Labute approximate surface area is 174 Å². The molecule has 1 aromatic rings. The fourth-order valence-corrected chi connectivity index (χ4v) is 2.97. The van der Waals surface area contributed by atoms with Crippen LogP contribution in [0.3, 0.4) is 0 Å². The molecule has 1 unspecified atom stereocenters. The molecule has 4 N–H and O–H groups in total. The van der Waals surface area contributed by atoms with Gasteiger partial charge in [-0.15, -0.1) is 24.8 Å². The van der Waals surface area contributed by atoms with Crippen LogP contribution in [-0.2, 0) is 11.3 Å². The van der Waals surface area contributed by atoms with E-state index in [4.69, 9.17) is 5.73 Å². The van der Waals surface area contributed by atoms with Crippen molar-refractivity contribution in [1.29, 1.82) is 0 Å². The minimum Gasteiger partial charge on any atom is -0.351 e. The standard InChI is InChI=1S/C19H30N4O2.2ClH/c1-2-5-17(20)19(25)22-14-15-6-8-16(9-7-15)18(24)21-10-13-23-11-3-4-12-23;;/h6-9,17H,2-5,10-14,20H2,1H3,(H,21,24)(H,22,25);2*1H. The molecular weight excluding hydrogens is 387 g/mol. The lowest BCUT2D eigenvalue weighted by molar-refractivity contribution is -0.122. The Morgan fingerprint density at radius 1 is 1.11 bits per heavy atom. The Morgan fingerprint density at radius 2 is 1.74 bits per heavy atom. The van der Waals surface area contributed by atoms with Crippen molar-refractivity contribution >= 4 is 36.6 Å². The van der Waals surface area contributed by atoms with Crippen LogP contribution in [0.15, 0.2) is 24.3 Å². The molecule has 2 rings (SSSR count). The molecule has 6 nitrogen and oxygen atoms in total. The Balaban J connectivity index is 0.00000338. The highest BCUT2D eigenvalue weighted by Crippen LogP contribution is 2.07. The molecule has 2 amide bonds. The highest BCUT2D eigenvalue weighted by Gasteiger charge is 2.13. The van der Waals surface area contributed by atoms with Gasteiger partial charge in [0.1, 0.15) is 0 Å². The van der Waals surface area contributed by atoms with Crippen LogP contribution in [-0.4, -0.2) is 48.9 Å². The topological polar surface area (TPSA) is 87.5 Å². The Bertz CT molecular complexity index is 563. The van der Waals surface area contributed by atoms with Crippen LogP contribution in [0, 0.1) is 0 Å². The van der Waals surface area contributed by atoms with E-state index >= 15 is 0 Å². The molecule has 154 valence electrons. The third-order valence-corrected chi connectivity index (χ3v) is 4.53. The normalized spacial score (nSPS) is 14.6. The summed E-state index contributed by atoms with van der Waals surface area (Å²) in [4.78, 5) is 26.3. The molecule has 0 bridgehead atoms. The van der Waals surface area contributed by atoms with Gasteiger partial charge in [0.05, 0.1) is 6.04 Å². The van der Waals surface area contributed by atoms with E-state index in [1.165, 1.54) is 12.8 Å². The van der Waals surface area contributed by atoms with Gasteiger partial charge in [-0.05, 0) is 50.0 Å². The first-order valence-electron chi connectivity index (χ1n) is 9.23. The van der Waals surface area contributed by atoms with Crippen molar-refractivity contribution in [3.63, 3.8) is 0 Å². The summed E-state index contributed by atoms with van der Waals surface area (Å²) >= 11 is 0. The maximum atomic E-state index is 12.1. The number of benzene rings is 1. The first-order chi connectivity index (χ1) is 12.1. The summed E-state index contributed by atoms with van der Waals surface area (Å²) in [5, 5.41) is 5.79. The molecule has 1 atom stereocenters. The molecule has 1 aliphatic rings. The van der Waals surface area contributed by atoms with Gasteiger partial charge in [-0.25, -0.2) is 0 Å². The van der Waals surface area contributed by atoms with Crippen molar-refractivity contribution in [1.82, 2.24) is 15.5 Å². The third kappa shape index (κ3) is 8.93. The summed E-state index contributed by atoms with van der Waals surface area (Å²) < 4.78 is 0. The van der Waals surface area contributed by atoms with Gasteiger partial charge in [-0.3, -0.25) is 9.59 Å². The molecule has 8 heteroatoms. The zero-order valence-corrected chi connectivity index (χ0v) is 17.5. The monoisotopic (exact) mass is 418 g/mol. The summed E-state index contributed by atoms with van der Waals surface area (Å²) in [6.45, 7) is 6.28. The van der Waals surface area contributed by atoms with Crippen molar-refractivity contribution in [2.24, 2.45) is 5.73 Å². The zero-order valence-electron chi connectivity index (χ0n) is 15.9. The number of amides is 2.